The Hall–Kier alpha value is -3.55. The first-order chi connectivity index (χ1) is 28.8. The van der Waals surface area contributed by atoms with Crippen LogP contribution in [0.5, 0.6) is 0 Å². The Labute approximate surface area is 357 Å². The summed E-state index contributed by atoms with van der Waals surface area (Å²) in [7, 11) is -16.5. The number of aliphatic hydroxyl groups excluding tert-OH is 2. The van der Waals surface area contributed by atoms with Gasteiger partial charge < -0.3 is 50.9 Å². The largest absolute Gasteiger partial charge is 0.481 e. The smallest absolute Gasteiger partial charge is 0.385 e. The van der Waals surface area contributed by atoms with Gasteiger partial charge in [0, 0.05) is 37.1 Å². The lowest BCUT2D eigenvalue weighted by Gasteiger charge is -2.30. The minimum absolute atomic E-state index is 0.0116. The maximum absolute atomic E-state index is 12.8. The van der Waals surface area contributed by atoms with Crippen LogP contribution in [0.2, 0.25) is 0 Å². The zero-order valence-electron chi connectivity index (χ0n) is 33.4. The topological polar surface area (TPSA) is 381 Å². The number of phosphoric ester groups is 3. The fourth-order valence-corrected chi connectivity index (χ4v) is 9.35. The summed E-state index contributed by atoms with van der Waals surface area (Å²) in [5, 5.41) is 26.3. The van der Waals surface area contributed by atoms with Crippen LogP contribution in [0, 0.1) is 5.41 Å². The number of aliphatic hydroxyl groups is 2. The summed E-state index contributed by atoms with van der Waals surface area (Å²) >= 11 is 0.899. The van der Waals surface area contributed by atoms with Gasteiger partial charge in [0.2, 0.25) is 11.8 Å². The summed E-state index contributed by atoms with van der Waals surface area (Å²) in [5.41, 5.74) is 3.24. The highest BCUT2D eigenvalue weighted by Gasteiger charge is 2.57. The van der Waals surface area contributed by atoms with E-state index in [-0.39, 0.29) is 66.0 Å². The van der Waals surface area contributed by atoms with Gasteiger partial charge in [0.25, 0.3) is 0 Å². The quantitative estimate of drug-likeness (QED) is 0.0334. The molecule has 62 heavy (non-hydrogen) atoms. The first-order valence-electron chi connectivity index (χ1n) is 18.5. The number of rotatable bonds is 24. The molecule has 7 unspecified atom stereocenters. The summed E-state index contributed by atoms with van der Waals surface area (Å²) in [6.07, 6.45) is -5.10. The lowest BCUT2D eigenvalue weighted by atomic mass is 9.87. The van der Waals surface area contributed by atoms with E-state index in [4.69, 9.17) is 24.0 Å². The first kappa shape index (κ1) is 51.1. The van der Waals surface area contributed by atoms with Gasteiger partial charge in [-0.05, 0) is 18.9 Å². The number of fused-ring (bicyclic) bond motifs is 1. The molecule has 29 heteroatoms. The van der Waals surface area contributed by atoms with Crippen LogP contribution in [0.15, 0.2) is 43.0 Å². The molecular weight excluding hydrogens is 907 g/mol. The molecule has 344 valence electrons. The Morgan fingerprint density at radius 3 is 2.35 bits per heavy atom. The number of nitrogens with one attached hydrogen (secondary N) is 2. The number of ketones is 1. The SMILES string of the molecule is CC(C)(COP(=O)(O)OP(=O)(O)OCC1OC(C)(n2cnc3c(N)ncnc32)C(O)C1OP(=O)(O)O)C(O)C(=O)NCCC(=O)NCCSC(=O)CC(=O)CCc1ccccc1. The second kappa shape index (κ2) is 21.4. The third kappa shape index (κ3) is 14.8. The molecule has 1 aromatic carbocycles. The number of nitrogens with zero attached hydrogens (tertiary/aromatic N) is 4. The molecule has 4 rings (SSSR count). The Morgan fingerprint density at radius 2 is 1.68 bits per heavy atom. The van der Waals surface area contributed by atoms with Crippen LogP contribution in [-0.4, -0.2) is 128 Å². The van der Waals surface area contributed by atoms with Gasteiger partial charge in [0.15, 0.2) is 22.3 Å². The van der Waals surface area contributed by atoms with Crippen molar-refractivity contribution in [1.82, 2.24) is 30.2 Å². The molecule has 0 radical (unpaired) electrons. The van der Waals surface area contributed by atoms with Crippen LogP contribution >= 0.6 is 35.2 Å². The number of hydrogen-bond donors (Lipinski definition) is 9. The molecule has 0 aliphatic carbocycles. The summed E-state index contributed by atoms with van der Waals surface area (Å²) in [5.74, 6) is -1.54. The molecule has 0 spiro atoms. The molecule has 0 bridgehead atoms. The Morgan fingerprint density at radius 1 is 1.00 bits per heavy atom. The minimum atomic E-state index is -5.61. The van der Waals surface area contributed by atoms with Crippen LogP contribution in [0.1, 0.15) is 45.6 Å². The molecule has 0 saturated carbocycles. The molecule has 2 aromatic heterocycles. The minimum Gasteiger partial charge on any atom is -0.385 e. The van der Waals surface area contributed by atoms with Gasteiger partial charge in [-0.3, -0.25) is 37.3 Å². The van der Waals surface area contributed by atoms with E-state index >= 15 is 0 Å². The van der Waals surface area contributed by atoms with Crippen molar-refractivity contribution >= 4 is 74.9 Å². The van der Waals surface area contributed by atoms with E-state index in [1.165, 1.54) is 20.8 Å². The predicted molar refractivity (Wildman–Crippen MR) is 216 cm³/mol. The number of amides is 2. The molecule has 7 atom stereocenters. The number of aryl methyl sites for hydroxylation is 1. The number of aromatic nitrogens is 4. The summed E-state index contributed by atoms with van der Waals surface area (Å²) in [4.78, 5) is 100. The summed E-state index contributed by atoms with van der Waals surface area (Å²) in [6, 6.07) is 9.37. The number of imidazole rings is 1. The third-order valence-corrected chi connectivity index (χ3v) is 13.1. The number of carbonyl (C=O) groups is 4. The van der Waals surface area contributed by atoms with Gasteiger partial charge in [-0.1, -0.05) is 55.9 Å². The zero-order chi connectivity index (χ0) is 46.1. The molecule has 1 aliphatic rings. The molecule has 1 saturated heterocycles. The average molecular weight is 956 g/mol. The maximum Gasteiger partial charge on any atom is 0.481 e. The van der Waals surface area contributed by atoms with Crippen LogP contribution in [0.25, 0.3) is 11.2 Å². The first-order valence-corrected chi connectivity index (χ1v) is 24.0. The highest BCUT2D eigenvalue weighted by atomic mass is 32.2. The Balaban J connectivity index is 1.19. The maximum atomic E-state index is 12.8. The average Bonchev–Trinajstić information content (AvgIpc) is 3.73. The van der Waals surface area contributed by atoms with Crippen molar-refractivity contribution in [3.8, 4) is 0 Å². The van der Waals surface area contributed by atoms with Crippen molar-refractivity contribution in [2.24, 2.45) is 5.41 Å². The highest BCUT2D eigenvalue weighted by molar-refractivity contribution is 8.13. The normalized spacial score (nSPS) is 21.8. The fourth-order valence-electron chi connectivity index (χ4n) is 5.84. The van der Waals surface area contributed by atoms with E-state index in [0.717, 1.165) is 34.5 Å². The van der Waals surface area contributed by atoms with Crippen LogP contribution in [0.4, 0.5) is 5.82 Å². The lowest BCUT2D eigenvalue weighted by Crippen LogP contribution is -2.46. The van der Waals surface area contributed by atoms with E-state index in [1.54, 1.807) is 0 Å². The van der Waals surface area contributed by atoms with Gasteiger partial charge >= 0.3 is 23.5 Å². The van der Waals surface area contributed by atoms with Crippen molar-refractivity contribution in [1.29, 1.82) is 0 Å². The third-order valence-electron chi connectivity index (χ3n) is 9.13. The van der Waals surface area contributed by atoms with E-state index in [0.29, 0.717) is 6.42 Å². The Kier molecular flexibility index (Phi) is 17.6. The molecule has 1 fully saturated rings. The van der Waals surface area contributed by atoms with Gasteiger partial charge in [-0.2, -0.15) is 4.31 Å². The standard InChI is InChI=1S/C33H48N7O18P3S/c1-32(2,28(45)31(46)36-12-11-23(42)35-13-14-62-24(43)15-21(41)10-9-20-7-5-4-6-8-20)17-55-61(52,53)58-60(50,51)54-16-22-26(57-59(47,48)49)27(44)33(3,56-22)40-19-39-25-29(34)37-18-38-30(25)40/h4-8,18-19,22,26-28,44-45H,9-17H2,1-3H3,(H,35,42)(H,36,46)(H,50,51)(H,52,53)(H2,34,37,38)(H2,47,48,49). The van der Waals surface area contributed by atoms with E-state index in [9.17, 15) is 62.7 Å². The van der Waals surface area contributed by atoms with Crippen molar-refractivity contribution in [2.75, 3.05) is 37.8 Å². The Bertz CT molecular complexity index is 2210. The van der Waals surface area contributed by atoms with Crippen LogP contribution < -0.4 is 16.4 Å². The zero-order valence-corrected chi connectivity index (χ0v) is 36.9. The van der Waals surface area contributed by atoms with Crippen molar-refractivity contribution in [2.45, 2.75) is 76.6 Å². The second-order valence-corrected chi connectivity index (χ2v) is 19.9. The van der Waals surface area contributed by atoms with E-state index < -0.39 is 84.1 Å². The monoisotopic (exact) mass is 955 g/mol. The number of benzene rings is 1. The van der Waals surface area contributed by atoms with E-state index in [2.05, 4.69) is 29.9 Å². The van der Waals surface area contributed by atoms with Crippen molar-refractivity contribution in [3.05, 3.63) is 48.5 Å². The molecule has 3 aromatic rings. The van der Waals surface area contributed by atoms with Crippen molar-refractivity contribution < 1.29 is 85.3 Å². The van der Waals surface area contributed by atoms with Gasteiger partial charge in [0.1, 0.15) is 42.0 Å². The van der Waals surface area contributed by atoms with Gasteiger partial charge in [-0.25, -0.2) is 28.6 Å². The van der Waals surface area contributed by atoms with Crippen molar-refractivity contribution in [3.63, 3.8) is 0 Å². The molecule has 10 N–H and O–H groups in total. The van der Waals surface area contributed by atoms with E-state index in [1.807, 2.05) is 30.3 Å². The lowest BCUT2D eigenvalue weighted by molar-refractivity contribution is -0.137. The van der Waals surface area contributed by atoms with Gasteiger partial charge in [-0.15, -0.1) is 0 Å². The number of hydrogen-bond acceptors (Lipinski definition) is 19. The number of thioether (sulfide) groups is 1. The van der Waals surface area contributed by atoms with Gasteiger partial charge in [0.05, 0.1) is 26.0 Å². The summed E-state index contributed by atoms with van der Waals surface area (Å²) in [6.45, 7) is 1.50. The molecule has 1 aliphatic heterocycles. The molecule has 3 heterocycles. The number of nitrogen functional groups attached to an aromatic ring is 1. The number of nitrogens with two attached hydrogens (primary N) is 1. The van der Waals surface area contributed by atoms with Crippen LogP contribution in [0.3, 0.4) is 0 Å². The fraction of sp³-hybridized carbons (Fsp3) is 0.545. The van der Waals surface area contributed by atoms with Crippen LogP contribution in [-0.2, 0) is 67.6 Å². The summed E-state index contributed by atoms with van der Waals surface area (Å²) < 4.78 is 62.8. The predicted octanol–water partition coefficient (Wildman–Crippen LogP) is 0.431. The number of ether oxygens (including phenoxy) is 1. The molecule has 25 nitrogen and oxygen atoms in total. The molecular formula is C33H48N7O18P3S. The number of carbonyl (C=O) groups excluding carboxylic acids is 4. The number of Topliss-reactive ketones (excluding diaryl/α,β-unsaturated/α-hetero) is 1. The number of anilines is 1. The highest BCUT2D eigenvalue weighted by Crippen LogP contribution is 2.61. The number of phosphoric acid groups is 3. The molecule has 2 amide bonds. The second-order valence-electron chi connectivity index (χ2n) is 14.6.